The van der Waals surface area contributed by atoms with Gasteiger partial charge in [-0.05, 0) is 30.1 Å². The van der Waals surface area contributed by atoms with E-state index in [1.807, 2.05) is 0 Å². The minimum absolute atomic E-state index is 0.553. The Hall–Kier alpha value is 0. The van der Waals surface area contributed by atoms with Crippen molar-refractivity contribution < 1.29 is 0 Å². The summed E-state index contributed by atoms with van der Waals surface area (Å²) in [6.45, 7) is 14.1. The molecule has 0 nitrogen and oxygen atoms in total. The van der Waals surface area contributed by atoms with E-state index in [-0.39, 0.29) is 0 Å². The monoisotopic (exact) mass is 184 g/mol. The Kier molecular flexibility index (Phi) is 5.67. The number of hydrogen-bond acceptors (Lipinski definition) is 0. The zero-order valence-corrected chi connectivity index (χ0v) is 10.5. The zero-order chi connectivity index (χ0) is 10.5. The van der Waals surface area contributed by atoms with Crippen LogP contribution in [0, 0.1) is 17.3 Å². The average molecular weight is 184 g/mol. The highest BCUT2D eigenvalue weighted by molar-refractivity contribution is 4.71. The van der Waals surface area contributed by atoms with Gasteiger partial charge in [-0.15, -0.1) is 0 Å². The third-order valence-electron chi connectivity index (χ3n) is 2.97. The maximum absolute atomic E-state index is 2.41. The van der Waals surface area contributed by atoms with Crippen LogP contribution < -0.4 is 0 Å². The van der Waals surface area contributed by atoms with Crippen LogP contribution in [-0.4, -0.2) is 0 Å². The van der Waals surface area contributed by atoms with Gasteiger partial charge in [-0.1, -0.05) is 54.4 Å². The number of rotatable bonds is 6. The minimum atomic E-state index is 0.553. The van der Waals surface area contributed by atoms with E-state index >= 15 is 0 Å². The summed E-state index contributed by atoms with van der Waals surface area (Å²) in [5.41, 5.74) is 0.553. The fourth-order valence-corrected chi connectivity index (χ4v) is 2.05. The molecule has 0 rings (SSSR count). The Labute approximate surface area is 85.1 Å². The van der Waals surface area contributed by atoms with E-state index < -0.39 is 0 Å². The summed E-state index contributed by atoms with van der Waals surface area (Å²) < 4.78 is 0. The molecule has 0 spiro atoms. The fraction of sp³-hybridized carbons (Fsp3) is 1.00. The Bertz CT molecular complexity index is 122. The summed E-state index contributed by atoms with van der Waals surface area (Å²) in [6, 6.07) is 0. The summed E-state index contributed by atoms with van der Waals surface area (Å²) >= 11 is 0. The highest BCUT2D eigenvalue weighted by atomic mass is 14.2. The molecule has 80 valence electrons. The molecule has 0 bridgehead atoms. The fourth-order valence-electron chi connectivity index (χ4n) is 2.05. The van der Waals surface area contributed by atoms with Crippen molar-refractivity contribution in [2.75, 3.05) is 0 Å². The Morgan fingerprint density at radius 3 is 2.00 bits per heavy atom. The smallest absolute Gasteiger partial charge is 0.0352 e. The van der Waals surface area contributed by atoms with Gasteiger partial charge < -0.3 is 0 Å². The van der Waals surface area contributed by atoms with Gasteiger partial charge in [0.25, 0.3) is 0 Å². The Morgan fingerprint density at radius 1 is 1.08 bits per heavy atom. The summed E-state index contributed by atoms with van der Waals surface area (Å²) in [5.74, 6) is 1.75. The minimum Gasteiger partial charge on any atom is -0.0651 e. The summed E-state index contributed by atoms with van der Waals surface area (Å²) in [7, 11) is 0. The van der Waals surface area contributed by atoms with E-state index in [0.717, 1.165) is 11.8 Å². The van der Waals surface area contributed by atoms with Gasteiger partial charge in [0.05, 0.1) is 0 Å². The molecule has 0 heterocycles. The topological polar surface area (TPSA) is 0 Å². The van der Waals surface area contributed by atoms with Crippen molar-refractivity contribution in [1.29, 1.82) is 0 Å². The molecule has 13 heavy (non-hydrogen) atoms. The molecule has 0 radical (unpaired) electrons. The molecule has 0 fully saturated rings. The normalized spacial score (nSPS) is 15.0. The lowest BCUT2D eigenvalue weighted by Gasteiger charge is -2.27. The highest BCUT2D eigenvalue weighted by Crippen LogP contribution is 2.32. The molecule has 1 atom stereocenters. The molecule has 0 aromatic rings. The SMILES string of the molecule is CCC(C)CCC(C)(C)CC(C)C. The van der Waals surface area contributed by atoms with E-state index in [1.54, 1.807) is 0 Å². The van der Waals surface area contributed by atoms with Gasteiger partial charge in [-0.25, -0.2) is 0 Å². The number of hydrogen-bond donors (Lipinski definition) is 0. The molecule has 0 aromatic carbocycles. The molecule has 0 aliphatic heterocycles. The van der Waals surface area contributed by atoms with Gasteiger partial charge in [0.2, 0.25) is 0 Å². The van der Waals surface area contributed by atoms with Crippen LogP contribution in [0.15, 0.2) is 0 Å². The molecule has 0 aliphatic carbocycles. The first-order valence-electron chi connectivity index (χ1n) is 5.87. The van der Waals surface area contributed by atoms with Gasteiger partial charge in [0, 0.05) is 0 Å². The van der Waals surface area contributed by atoms with Crippen LogP contribution in [0.5, 0.6) is 0 Å². The maximum atomic E-state index is 2.41. The summed E-state index contributed by atoms with van der Waals surface area (Å²) in [6.07, 6.45) is 5.48. The van der Waals surface area contributed by atoms with Crippen molar-refractivity contribution in [1.82, 2.24) is 0 Å². The highest BCUT2D eigenvalue weighted by Gasteiger charge is 2.19. The van der Waals surface area contributed by atoms with Crippen molar-refractivity contribution >= 4 is 0 Å². The van der Waals surface area contributed by atoms with Crippen LogP contribution in [0.2, 0.25) is 0 Å². The second-order valence-corrected chi connectivity index (χ2v) is 5.81. The van der Waals surface area contributed by atoms with Crippen LogP contribution in [0.25, 0.3) is 0 Å². The third kappa shape index (κ3) is 7.10. The van der Waals surface area contributed by atoms with Gasteiger partial charge in [0.1, 0.15) is 0 Å². The Morgan fingerprint density at radius 2 is 1.62 bits per heavy atom. The van der Waals surface area contributed by atoms with E-state index in [4.69, 9.17) is 0 Å². The first-order valence-corrected chi connectivity index (χ1v) is 5.87. The largest absolute Gasteiger partial charge is 0.0651 e. The molecule has 1 unspecified atom stereocenters. The van der Waals surface area contributed by atoms with Crippen molar-refractivity contribution in [3.8, 4) is 0 Å². The molecular weight excluding hydrogens is 156 g/mol. The Balaban J connectivity index is 3.74. The molecule has 0 aliphatic rings. The van der Waals surface area contributed by atoms with Gasteiger partial charge >= 0.3 is 0 Å². The van der Waals surface area contributed by atoms with Crippen LogP contribution >= 0.6 is 0 Å². The van der Waals surface area contributed by atoms with Gasteiger partial charge in [0.15, 0.2) is 0 Å². The van der Waals surface area contributed by atoms with Crippen LogP contribution in [0.3, 0.4) is 0 Å². The van der Waals surface area contributed by atoms with Crippen molar-refractivity contribution in [3.63, 3.8) is 0 Å². The van der Waals surface area contributed by atoms with E-state index in [0.29, 0.717) is 5.41 Å². The maximum Gasteiger partial charge on any atom is -0.0352 e. The van der Waals surface area contributed by atoms with Gasteiger partial charge in [-0.2, -0.15) is 0 Å². The van der Waals surface area contributed by atoms with E-state index in [2.05, 4.69) is 41.5 Å². The lowest BCUT2D eigenvalue weighted by atomic mass is 9.78. The van der Waals surface area contributed by atoms with Crippen molar-refractivity contribution in [2.45, 2.75) is 67.2 Å². The summed E-state index contributed by atoms with van der Waals surface area (Å²) in [4.78, 5) is 0. The second-order valence-electron chi connectivity index (χ2n) is 5.81. The molecular formula is C13H28. The van der Waals surface area contributed by atoms with Crippen molar-refractivity contribution in [2.24, 2.45) is 17.3 Å². The quantitative estimate of drug-likeness (QED) is 0.551. The lowest BCUT2D eigenvalue weighted by molar-refractivity contribution is 0.242. The first kappa shape index (κ1) is 13.0. The predicted octanol–water partition coefficient (Wildman–Crippen LogP) is 4.89. The van der Waals surface area contributed by atoms with E-state index in [9.17, 15) is 0 Å². The third-order valence-corrected chi connectivity index (χ3v) is 2.97. The molecule has 0 N–H and O–H groups in total. The molecule has 0 aromatic heterocycles. The predicted molar refractivity (Wildman–Crippen MR) is 61.9 cm³/mol. The molecule has 0 saturated carbocycles. The van der Waals surface area contributed by atoms with Crippen molar-refractivity contribution in [3.05, 3.63) is 0 Å². The lowest BCUT2D eigenvalue weighted by Crippen LogP contribution is -2.15. The van der Waals surface area contributed by atoms with Crippen LogP contribution in [0.4, 0.5) is 0 Å². The van der Waals surface area contributed by atoms with Gasteiger partial charge in [-0.3, -0.25) is 0 Å². The molecule has 0 amide bonds. The standard InChI is InChI=1S/C13H28/c1-7-12(4)8-9-13(5,6)10-11(2)3/h11-12H,7-10H2,1-6H3. The molecule has 0 heteroatoms. The zero-order valence-electron chi connectivity index (χ0n) is 10.5. The van der Waals surface area contributed by atoms with Crippen LogP contribution in [-0.2, 0) is 0 Å². The molecule has 0 saturated heterocycles. The van der Waals surface area contributed by atoms with E-state index in [1.165, 1.54) is 25.7 Å². The summed E-state index contributed by atoms with van der Waals surface area (Å²) in [5, 5.41) is 0. The van der Waals surface area contributed by atoms with Crippen LogP contribution in [0.1, 0.15) is 67.2 Å². The first-order chi connectivity index (χ1) is 5.87. The average Bonchev–Trinajstić information content (AvgIpc) is 1.98. The second kappa shape index (κ2) is 5.67.